The molecule has 0 unspecified atom stereocenters. The third-order valence-electron chi connectivity index (χ3n) is 3.21. The monoisotopic (exact) mass is 329 g/mol. The lowest BCUT2D eigenvalue weighted by atomic mass is 10.2. The van der Waals surface area contributed by atoms with Crippen LogP contribution in [0.3, 0.4) is 0 Å². The molecule has 0 radical (unpaired) electrons. The Morgan fingerprint density at radius 2 is 1.87 bits per heavy atom. The number of nitrogens with one attached hydrogen (secondary N) is 2. The van der Waals surface area contributed by atoms with Crippen molar-refractivity contribution >= 4 is 28.9 Å². The Morgan fingerprint density at radius 1 is 1.22 bits per heavy atom. The van der Waals surface area contributed by atoms with E-state index in [1.807, 2.05) is 6.07 Å². The Morgan fingerprint density at radius 3 is 2.43 bits per heavy atom. The Hall–Kier alpha value is -2.71. The molecule has 0 bridgehead atoms. The minimum atomic E-state index is -0.463. The highest BCUT2D eigenvalue weighted by Crippen LogP contribution is 2.27. The molecule has 0 aliphatic heterocycles. The van der Waals surface area contributed by atoms with Crippen molar-refractivity contribution in [2.45, 2.75) is 13.0 Å². The van der Waals surface area contributed by atoms with Gasteiger partial charge in [0.1, 0.15) is 11.8 Å². The van der Waals surface area contributed by atoms with Gasteiger partial charge in [-0.05, 0) is 49.4 Å². The van der Waals surface area contributed by atoms with Gasteiger partial charge < -0.3 is 15.4 Å². The van der Waals surface area contributed by atoms with Gasteiger partial charge in [0.2, 0.25) is 5.91 Å². The molecule has 0 saturated heterocycles. The number of rotatable bonds is 5. The van der Waals surface area contributed by atoms with Crippen LogP contribution in [-0.2, 0) is 4.79 Å². The molecule has 0 aliphatic carbocycles. The van der Waals surface area contributed by atoms with Crippen molar-refractivity contribution in [3.8, 4) is 11.8 Å². The van der Waals surface area contributed by atoms with Gasteiger partial charge in [0.25, 0.3) is 0 Å². The van der Waals surface area contributed by atoms with E-state index in [1.54, 1.807) is 56.5 Å². The highest BCUT2D eigenvalue weighted by molar-refractivity contribution is 6.32. The highest BCUT2D eigenvalue weighted by Gasteiger charge is 2.13. The van der Waals surface area contributed by atoms with Crippen LogP contribution in [0.2, 0.25) is 5.02 Å². The summed E-state index contributed by atoms with van der Waals surface area (Å²) in [5.41, 5.74) is 1.90. The predicted octanol–water partition coefficient (Wildman–Crippen LogP) is 3.66. The number of halogens is 1. The first-order chi connectivity index (χ1) is 11.0. The largest absolute Gasteiger partial charge is 0.495 e. The molecular weight excluding hydrogens is 314 g/mol. The zero-order valence-corrected chi connectivity index (χ0v) is 13.5. The number of nitrogens with zero attached hydrogens (tertiary/aromatic N) is 1. The van der Waals surface area contributed by atoms with Crippen LogP contribution < -0.4 is 15.4 Å². The number of hydrogen-bond acceptors (Lipinski definition) is 4. The molecule has 6 heteroatoms. The van der Waals surface area contributed by atoms with Crippen molar-refractivity contribution in [3.63, 3.8) is 0 Å². The number of methoxy groups -OCH3 is 1. The lowest BCUT2D eigenvalue weighted by Crippen LogP contribution is -2.31. The van der Waals surface area contributed by atoms with E-state index < -0.39 is 6.04 Å². The second kappa shape index (κ2) is 7.52. The molecule has 1 amide bonds. The standard InChI is InChI=1S/C17H16ClN3O2/c1-11(20-14-7-8-16(23-2)15(18)9-14)17(22)21-13-5-3-12(10-19)4-6-13/h3-9,11,20H,1-2H3,(H,21,22)/t11-/m1/s1. The van der Waals surface area contributed by atoms with Crippen LogP contribution in [0.25, 0.3) is 0 Å². The fourth-order valence-corrected chi connectivity index (χ4v) is 2.21. The molecule has 2 aromatic carbocycles. The van der Waals surface area contributed by atoms with E-state index in [0.29, 0.717) is 22.0 Å². The molecule has 2 rings (SSSR count). The van der Waals surface area contributed by atoms with Crippen LogP contribution in [0.1, 0.15) is 12.5 Å². The van der Waals surface area contributed by atoms with Gasteiger partial charge in [-0.25, -0.2) is 0 Å². The number of ether oxygens (including phenoxy) is 1. The summed E-state index contributed by atoms with van der Waals surface area (Å²) in [7, 11) is 1.54. The number of benzene rings is 2. The molecule has 2 aromatic rings. The van der Waals surface area contributed by atoms with Gasteiger partial charge in [-0.1, -0.05) is 11.6 Å². The smallest absolute Gasteiger partial charge is 0.246 e. The summed E-state index contributed by atoms with van der Waals surface area (Å²) in [5, 5.41) is 15.1. The molecular formula is C17H16ClN3O2. The van der Waals surface area contributed by atoms with Crippen LogP contribution in [0.15, 0.2) is 42.5 Å². The van der Waals surface area contributed by atoms with E-state index in [1.165, 1.54) is 0 Å². The van der Waals surface area contributed by atoms with Gasteiger partial charge in [-0.2, -0.15) is 5.26 Å². The summed E-state index contributed by atoms with van der Waals surface area (Å²) in [4.78, 5) is 12.2. The van der Waals surface area contributed by atoms with Crippen molar-refractivity contribution in [1.29, 1.82) is 5.26 Å². The Bertz CT molecular complexity index is 738. The maximum absolute atomic E-state index is 12.2. The molecule has 0 fully saturated rings. The van der Waals surface area contributed by atoms with Gasteiger partial charge in [-0.3, -0.25) is 4.79 Å². The SMILES string of the molecule is COc1ccc(N[C@H](C)C(=O)Nc2ccc(C#N)cc2)cc1Cl. The first-order valence-electron chi connectivity index (χ1n) is 6.94. The third kappa shape index (κ3) is 4.38. The van der Waals surface area contributed by atoms with Crippen molar-refractivity contribution in [3.05, 3.63) is 53.1 Å². The topological polar surface area (TPSA) is 74.2 Å². The average Bonchev–Trinajstić information content (AvgIpc) is 2.55. The Kier molecular flexibility index (Phi) is 5.45. The normalized spacial score (nSPS) is 11.2. The Labute approximate surface area is 139 Å². The maximum atomic E-state index is 12.2. The number of carbonyl (C=O) groups excluding carboxylic acids is 1. The molecule has 2 N–H and O–H groups in total. The lowest BCUT2D eigenvalue weighted by Gasteiger charge is -2.16. The molecule has 0 heterocycles. The quantitative estimate of drug-likeness (QED) is 0.878. The molecule has 23 heavy (non-hydrogen) atoms. The van der Waals surface area contributed by atoms with Crippen molar-refractivity contribution in [1.82, 2.24) is 0 Å². The van der Waals surface area contributed by atoms with Gasteiger partial charge in [0, 0.05) is 11.4 Å². The molecule has 1 atom stereocenters. The van der Waals surface area contributed by atoms with E-state index >= 15 is 0 Å². The van der Waals surface area contributed by atoms with E-state index in [0.717, 1.165) is 5.69 Å². The van der Waals surface area contributed by atoms with E-state index in [-0.39, 0.29) is 5.91 Å². The van der Waals surface area contributed by atoms with Crippen molar-refractivity contribution < 1.29 is 9.53 Å². The highest BCUT2D eigenvalue weighted by atomic mass is 35.5. The summed E-state index contributed by atoms with van der Waals surface area (Å²) < 4.78 is 5.09. The number of nitriles is 1. The zero-order valence-electron chi connectivity index (χ0n) is 12.8. The lowest BCUT2D eigenvalue weighted by molar-refractivity contribution is -0.116. The van der Waals surface area contributed by atoms with E-state index in [4.69, 9.17) is 21.6 Å². The van der Waals surface area contributed by atoms with E-state index in [9.17, 15) is 4.79 Å². The zero-order chi connectivity index (χ0) is 16.8. The summed E-state index contributed by atoms with van der Waals surface area (Å²) in [6.45, 7) is 1.75. The first kappa shape index (κ1) is 16.7. The molecule has 0 aliphatic rings. The van der Waals surface area contributed by atoms with Crippen LogP contribution in [0.5, 0.6) is 5.75 Å². The van der Waals surface area contributed by atoms with Crippen LogP contribution in [0, 0.1) is 11.3 Å². The molecule has 0 aromatic heterocycles. The molecule has 0 spiro atoms. The first-order valence-corrected chi connectivity index (χ1v) is 7.32. The minimum Gasteiger partial charge on any atom is -0.495 e. The third-order valence-corrected chi connectivity index (χ3v) is 3.51. The van der Waals surface area contributed by atoms with Gasteiger partial charge in [0.15, 0.2) is 0 Å². The molecule has 5 nitrogen and oxygen atoms in total. The van der Waals surface area contributed by atoms with Gasteiger partial charge in [-0.15, -0.1) is 0 Å². The number of hydrogen-bond donors (Lipinski definition) is 2. The molecule has 118 valence electrons. The van der Waals surface area contributed by atoms with Crippen molar-refractivity contribution in [2.24, 2.45) is 0 Å². The van der Waals surface area contributed by atoms with Crippen LogP contribution >= 0.6 is 11.6 Å². The summed E-state index contributed by atoms with van der Waals surface area (Å²) in [6.07, 6.45) is 0. The number of anilines is 2. The van der Waals surface area contributed by atoms with E-state index in [2.05, 4.69) is 10.6 Å². The summed E-state index contributed by atoms with van der Waals surface area (Å²) >= 11 is 6.06. The second-order valence-electron chi connectivity index (χ2n) is 4.89. The summed E-state index contributed by atoms with van der Waals surface area (Å²) in [5.74, 6) is 0.383. The maximum Gasteiger partial charge on any atom is 0.246 e. The Balaban J connectivity index is 1.99. The number of carbonyl (C=O) groups is 1. The summed E-state index contributed by atoms with van der Waals surface area (Å²) in [6, 6.07) is 13.5. The van der Waals surface area contributed by atoms with Crippen molar-refractivity contribution in [2.75, 3.05) is 17.7 Å². The van der Waals surface area contributed by atoms with Gasteiger partial charge >= 0.3 is 0 Å². The fraction of sp³-hybridized carbons (Fsp3) is 0.176. The predicted molar refractivity (Wildman–Crippen MR) is 90.9 cm³/mol. The average molecular weight is 330 g/mol. The van der Waals surface area contributed by atoms with Crippen LogP contribution in [-0.4, -0.2) is 19.1 Å². The minimum absolute atomic E-state index is 0.193. The van der Waals surface area contributed by atoms with Crippen LogP contribution in [0.4, 0.5) is 11.4 Å². The molecule has 0 saturated carbocycles. The second-order valence-corrected chi connectivity index (χ2v) is 5.30. The van der Waals surface area contributed by atoms with Gasteiger partial charge in [0.05, 0.1) is 23.8 Å². The fourth-order valence-electron chi connectivity index (χ4n) is 1.95. The number of amides is 1.